The quantitative estimate of drug-likeness (QED) is 0.750. The van der Waals surface area contributed by atoms with Crippen molar-refractivity contribution in [2.75, 3.05) is 6.16 Å². The smallest absolute Gasteiger partial charge is 0.335 e. The van der Waals surface area contributed by atoms with Crippen LogP contribution in [0.25, 0.3) is 0 Å². The van der Waals surface area contributed by atoms with Crippen molar-refractivity contribution in [3.05, 3.63) is 29.8 Å². The van der Waals surface area contributed by atoms with Crippen molar-refractivity contribution in [1.82, 2.24) is 0 Å². The zero-order chi connectivity index (χ0) is 9.84. The summed E-state index contributed by atoms with van der Waals surface area (Å²) >= 11 is 0. The van der Waals surface area contributed by atoms with Crippen LogP contribution in [0.3, 0.4) is 0 Å². The fraction of sp³-hybridized carbons (Fsp3) is 0.222. The number of rotatable bonds is 3. The normalized spacial score (nSPS) is 12.4. The third-order valence-corrected chi connectivity index (χ3v) is 3.39. The van der Waals surface area contributed by atoms with E-state index in [-0.39, 0.29) is 5.56 Å². The molecular formula is C9H11O3P. The highest BCUT2D eigenvalue weighted by atomic mass is 31.1. The number of carbonyl (C=O) groups is 1. The minimum Gasteiger partial charge on any atom is -0.478 e. The highest BCUT2D eigenvalue weighted by molar-refractivity contribution is 7.53. The predicted octanol–water partition coefficient (Wildman–Crippen LogP) is 1.59. The summed E-state index contributed by atoms with van der Waals surface area (Å²) in [6, 6.07) is 6.20. The molecule has 0 bridgehead atoms. The third-order valence-electron chi connectivity index (χ3n) is 1.77. The number of carboxylic acid groups (broad SMARTS) is 1. The van der Waals surface area contributed by atoms with Crippen LogP contribution in [0.1, 0.15) is 17.3 Å². The maximum Gasteiger partial charge on any atom is 0.335 e. The van der Waals surface area contributed by atoms with E-state index in [1.165, 1.54) is 12.1 Å². The first-order valence-corrected chi connectivity index (χ1v) is 5.63. The number of carboxylic acids is 1. The molecule has 1 aromatic rings. The minimum atomic E-state index is -1.69. The van der Waals surface area contributed by atoms with Gasteiger partial charge in [0.25, 0.3) is 0 Å². The Morgan fingerprint density at radius 2 is 1.92 bits per heavy atom. The standard InChI is InChI=1S/C9H11O3P/c1-2-13(12)8-5-3-7(4-6-8)9(10)11/h3-6,13H,2H2,1H3,(H,10,11). The zero-order valence-electron chi connectivity index (χ0n) is 7.28. The lowest BCUT2D eigenvalue weighted by molar-refractivity contribution is 0.0697. The monoisotopic (exact) mass is 198 g/mol. The summed E-state index contributed by atoms with van der Waals surface area (Å²) in [5.74, 6) is -0.956. The van der Waals surface area contributed by atoms with Gasteiger partial charge in [-0.3, -0.25) is 0 Å². The molecular weight excluding hydrogens is 187 g/mol. The zero-order valence-corrected chi connectivity index (χ0v) is 8.28. The molecule has 1 aromatic carbocycles. The summed E-state index contributed by atoms with van der Waals surface area (Å²) in [6.07, 6.45) is 0.622. The Labute approximate surface area is 77.2 Å². The van der Waals surface area contributed by atoms with E-state index in [1.54, 1.807) is 12.1 Å². The van der Waals surface area contributed by atoms with E-state index in [0.29, 0.717) is 6.16 Å². The highest BCUT2D eigenvalue weighted by Gasteiger charge is 2.04. The summed E-state index contributed by atoms with van der Waals surface area (Å²) < 4.78 is 11.3. The lowest BCUT2D eigenvalue weighted by Gasteiger charge is -1.99. The predicted molar refractivity (Wildman–Crippen MR) is 52.6 cm³/mol. The van der Waals surface area contributed by atoms with Gasteiger partial charge in [0.05, 0.1) is 5.56 Å². The average molecular weight is 198 g/mol. The Morgan fingerprint density at radius 1 is 1.38 bits per heavy atom. The summed E-state index contributed by atoms with van der Waals surface area (Å²) in [4.78, 5) is 10.5. The molecule has 3 nitrogen and oxygen atoms in total. The molecule has 0 aliphatic carbocycles. The van der Waals surface area contributed by atoms with Crippen LogP contribution in [0.5, 0.6) is 0 Å². The van der Waals surface area contributed by atoms with E-state index < -0.39 is 13.8 Å². The second-order valence-electron chi connectivity index (χ2n) is 2.66. The van der Waals surface area contributed by atoms with Crippen molar-refractivity contribution >= 4 is 19.1 Å². The van der Waals surface area contributed by atoms with E-state index in [1.807, 2.05) is 6.92 Å². The summed E-state index contributed by atoms with van der Waals surface area (Å²) in [5.41, 5.74) is 0.231. The first kappa shape index (κ1) is 10.0. The summed E-state index contributed by atoms with van der Waals surface area (Å²) in [7, 11) is -1.69. The van der Waals surface area contributed by atoms with E-state index in [2.05, 4.69) is 0 Å². The Bertz CT molecular complexity index is 329. The molecule has 1 atom stereocenters. The van der Waals surface area contributed by atoms with Gasteiger partial charge in [-0.25, -0.2) is 4.79 Å². The van der Waals surface area contributed by atoms with Crippen molar-refractivity contribution in [2.24, 2.45) is 0 Å². The van der Waals surface area contributed by atoms with Gasteiger partial charge in [0.15, 0.2) is 0 Å². The SMILES string of the molecule is CC[PH](=O)c1ccc(C(=O)O)cc1. The van der Waals surface area contributed by atoms with E-state index in [0.717, 1.165) is 5.30 Å². The Hall–Kier alpha value is -1.08. The van der Waals surface area contributed by atoms with Crippen molar-refractivity contribution in [2.45, 2.75) is 6.92 Å². The molecule has 0 fully saturated rings. The van der Waals surface area contributed by atoms with Gasteiger partial charge in [0.1, 0.15) is 7.80 Å². The number of benzene rings is 1. The summed E-state index contributed by atoms with van der Waals surface area (Å²) in [5, 5.41) is 9.35. The fourth-order valence-electron chi connectivity index (χ4n) is 1.00. The van der Waals surface area contributed by atoms with E-state index in [4.69, 9.17) is 5.11 Å². The Kier molecular flexibility index (Phi) is 3.26. The minimum absolute atomic E-state index is 0.231. The molecule has 0 aromatic heterocycles. The van der Waals surface area contributed by atoms with Gasteiger partial charge in [-0.15, -0.1) is 0 Å². The van der Waals surface area contributed by atoms with Gasteiger partial charge < -0.3 is 9.67 Å². The first-order chi connectivity index (χ1) is 6.15. The molecule has 0 amide bonds. The molecule has 1 N–H and O–H groups in total. The van der Waals surface area contributed by atoms with Crippen LogP contribution in [-0.2, 0) is 4.57 Å². The molecule has 0 aliphatic heterocycles. The molecule has 70 valence electrons. The molecule has 0 radical (unpaired) electrons. The molecule has 1 rings (SSSR count). The molecule has 0 spiro atoms. The van der Waals surface area contributed by atoms with Crippen LogP contribution in [0.2, 0.25) is 0 Å². The van der Waals surface area contributed by atoms with E-state index >= 15 is 0 Å². The van der Waals surface area contributed by atoms with Crippen molar-refractivity contribution in [3.63, 3.8) is 0 Å². The van der Waals surface area contributed by atoms with Gasteiger partial charge in [-0.1, -0.05) is 19.1 Å². The Morgan fingerprint density at radius 3 is 2.31 bits per heavy atom. The molecule has 0 saturated carbocycles. The van der Waals surface area contributed by atoms with Gasteiger partial charge in [-0.05, 0) is 18.3 Å². The molecule has 0 aliphatic rings. The van der Waals surface area contributed by atoms with Crippen molar-refractivity contribution < 1.29 is 14.5 Å². The van der Waals surface area contributed by atoms with Gasteiger partial charge in [0.2, 0.25) is 0 Å². The average Bonchev–Trinajstić information content (AvgIpc) is 2.17. The molecule has 4 heteroatoms. The van der Waals surface area contributed by atoms with Crippen LogP contribution < -0.4 is 5.30 Å². The Balaban J connectivity index is 2.93. The maximum absolute atomic E-state index is 11.3. The van der Waals surface area contributed by atoms with Gasteiger partial charge in [-0.2, -0.15) is 0 Å². The fourth-order valence-corrected chi connectivity index (χ4v) is 1.95. The first-order valence-electron chi connectivity index (χ1n) is 4.01. The summed E-state index contributed by atoms with van der Waals surface area (Å²) in [6.45, 7) is 1.85. The van der Waals surface area contributed by atoms with Crippen LogP contribution in [-0.4, -0.2) is 17.2 Å². The number of hydrogen-bond donors (Lipinski definition) is 1. The van der Waals surface area contributed by atoms with E-state index in [9.17, 15) is 9.36 Å². The van der Waals surface area contributed by atoms with Crippen LogP contribution in [0.4, 0.5) is 0 Å². The largest absolute Gasteiger partial charge is 0.478 e. The molecule has 0 saturated heterocycles. The van der Waals surface area contributed by atoms with Gasteiger partial charge >= 0.3 is 5.97 Å². The van der Waals surface area contributed by atoms with Gasteiger partial charge in [0, 0.05) is 5.30 Å². The lowest BCUT2D eigenvalue weighted by Crippen LogP contribution is -2.01. The third kappa shape index (κ3) is 2.43. The van der Waals surface area contributed by atoms with Crippen molar-refractivity contribution in [1.29, 1.82) is 0 Å². The molecule has 0 heterocycles. The maximum atomic E-state index is 11.3. The van der Waals surface area contributed by atoms with Crippen LogP contribution in [0, 0.1) is 0 Å². The van der Waals surface area contributed by atoms with Crippen LogP contribution in [0.15, 0.2) is 24.3 Å². The second kappa shape index (κ2) is 4.24. The van der Waals surface area contributed by atoms with Crippen LogP contribution >= 0.6 is 7.80 Å². The molecule has 1 unspecified atom stereocenters. The van der Waals surface area contributed by atoms with Crippen molar-refractivity contribution in [3.8, 4) is 0 Å². The lowest BCUT2D eigenvalue weighted by atomic mass is 10.2. The molecule has 13 heavy (non-hydrogen) atoms. The number of hydrogen-bond acceptors (Lipinski definition) is 2. The topological polar surface area (TPSA) is 54.4 Å². The highest BCUT2D eigenvalue weighted by Crippen LogP contribution is 2.18. The number of aromatic carboxylic acids is 1. The second-order valence-corrected chi connectivity index (χ2v) is 4.79.